The number of hydrogen-bond acceptors (Lipinski definition) is 1. The second kappa shape index (κ2) is 4.26. The SMILES string of the molecule is COc1ccc(-c2cc3c(c4[nH]ccc24)C2C=CC3C2)cc1. The Kier molecular flexibility index (Phi) is 2.34. The highest BCUT2D eigenvalue weighted by molar-refractivity contribution is 5.99. The summed E-state index contributed by atoms with van der Waals surface area (Å²) in [5.74, 6) is 2.10. The van der Waals surface area contributed by atoms with Gasteiger partial charge in [0.2, 0.25) is 0 Å². The van der Waals surface area contributed by atoms with E-state index in [1.165, 1.54) is 39.6 Å². The molecule has 2 nitrogen and oxygen atoms in total. The number of nitrogens with one attached hydrogen (secondary N) is 1. The number of allylic oxidation sites excluding steroid dienone is 2. The van der Waals surface area contributed by atoms with Crippen molar-refractivity contribution < 1.29 is 4.74 Å². The fourth-order valence-electron chi connectivity index (χ4n) is 4.13. The normalized spacial score (nSPS) is 21.5. The van der Waals surface area contributed by atoms with E-state index in [9.17, 15) is 0 Å². The lowest BCUT2D eigenvalue weighted by Crippen LogP contribution is -1.96. The van der Waals surface area contributed by atoms with Gasteiger partial charge >= 0.3 is 0 Å². The van der Waals surface area contributed by atoms with Crippen LogP contribution in [0.3, 0.4) is 0 Å². The van der Waals surface area contributed by atoms with Gasteiger partial charge in [0.15, 0.2) is 0 Å². The fraction of sp³-hybridized carbons (Fsp3) is 0.200. The molecule has 0 fully saturated rings. The molecule has 2 aliphatic carbocycles. The quantitative estimate of drug-likeness (QED) is 0.660. The zero-order valence-corrected chi connectivity index (χ0v) is 12.5. The van der Waals surface area contributed by atoms with Crippen LogP contribution in [-0.2, 0) is 0 Å². The molecule has 0 saturated heterocycles. The van der Waals surface area contributed by atoms with Gasteiger partial charge in [0.1, 0.15) is 5.75 Å². The summed E-state index contributed by atoms with van der Waals surface area (Å²) in [4.78, 5) is 3.48. The van der Waals surface area contributed by atoms with Crippen molar-refractivity contribution >= 4 is 10.9 Å². The Labute approximate surface area is 129 Å². The summed E-state index contributed by atoms with van der Waals surface area (Å²) in [7, 11) is 1.71. The molecule has 1 aromatic heterocycles. The van der Waals surface area contributed by atoms with Crippen molar-refractivity contribution in [1.29, 1.82) is 0 Å². The predicted octanol–water partition coefficient (Wildman–Crippen LogP) is 4.98. The molecule has 1 N–H and O–H groups in total. The summed E-state index contributed by atoms with van der Waals surface area (Å²) in [5.41, 5.74) is 6.91. The average Bonchev–Trinajstić information content (AvgIpc) is 3.29. The van der Waals surface area contributed by atoms with Gasteiger partial charge in [0.05, 0.1) is 12.6 Å². The number of rotatable bonds is 2. The molecule has 2 atom stereocenters. The van der Waals surface area contributed by atoms with Gasteiger partial charge in [0.25, 0.3) is 0 Å². The topological polar surface area (TPSA) is 25.0 Å². The van der Waals surface area contributed by atoms with Crippen LogP contribution in [-0.4, -0.2) is 12.1 Å². The molecule has 0 radical (unpaired) electrons. The third-order valence-electron chi connectivity index (χ3n) is 5.17. The van der Waals surface area contributed by atoms with Gasteiger partial charge in [-0.15, -0.1) is 0 Å². The van der Waals surface area contributed by atoms with Crippen molar-refractivity contribution in [3.63, 3.8) is 0 Å². The highest BCUT2D eigenvalue weighted by atomic mass is 16.5. The van der Waals surface area contributed by atoms with Gasteiger partial charge in [-0.3, -0.25) is 0 Å². The van der Waals surface area contributed by atoms with Gasteiger partial charge in [-0.2, -0.15) is 0 Å². The molecular weight excluding hydrogens is 270 g/mol. The molecule has 0 amide bonds. The van der Waals surface area contributed by atoms with Gasteiger partial charge < -0.3 is 9.72 Å². The average molecular weight is 287 g/mol. The van der Waals surface area contributed by atoms with Crippen LogP contribution in [0.25, 0.3) is 22.0 Å². The Hall–Kier alpha value is -2.48. The number of methoxy groups -OCH3 is 1. The van der Waals surface area contributed by atoms with E-state index in [0.717, 1.165) is 5.75 Å². The number of aromatic nitrogens is 1. The molecule has 1 heterocycles. The number of hydrogen-bond donors (Lipinski definition) is 1. The first-order chi connectivity index (χ1) is 10.8. The third-order valence-corrected chi connectivity index (χ3v) is 5.17. The van der Waals surface area contributed by atoms with E-state index < -0.39 is 0 Å². The summed E-state index contributed by atoms with van der Waals surface area (Å²) in [5, 5.41) is 1.32. The molecule has 2 bridgehead atoms. The highest BCUT2D eigenvalue weighted by Gasteiger charge is 2.35. The van der Waals surface area contributed by atoms with Crippen LogP contribution in [0, 0.1) is 0 Å². The van der Waals surface area contributed by atoms with Crippen LogP contribution in [0.2, 0.25) is 0 Å². The highest BCUT2D eigenvalue weighted by Crippen LogP contribution is 2.52. The van der Waals surface area contributed by atoms with Crippen LogP contribution in [0.1, 0.15) is 29.4 Å². The van der Waals surface area contributed by atoms with Crippen molar-refractivity contribution in [1.82, 2.24) is 4.98 Å². The fourth-order valence-corrected chi connectivity index (χ4v) is 4.13. The molecule has 2 unspecified atom stereocenters. The van der Waals surface area contributed by atoms with Crippen molar-refractivity contribution in [3.05, 3.63) is 65.9 Å². The van der Waals surface area contributed by atoms with Gasteiger partial charge in [-0.25, -0.2) is 0 Å². The summed E-state index contributed by atoms with van der Waals surface area (Å²) < 4.78 is 5.28. The standard InChI is InChI=1S/C20H17NO/c1-22-15-6-4-12(5-7-15)17-11-18-13-2-3-14(10-13)19(18)20-16(17)8-9-21-20/h2-9,11,13-14,21H,10H2,1H3. The number of aromatic amines is 1. The molecule has 2 aromatic carbocycles. The van der Waals surface area contributed by atoms with E-state index in [1.54, 1.807) is 7.11 Å². The molecule has 5 rings (SSSR count). The van der Waals surface area contributed by atoms with E-state index in [-0.39, 0.29) is 0 Å². The Morgan fingerprint density at radius 3 is 2.68 bits per heavy atom. The molecule has 0 aliphatic heterocycles. The van der Waals surface area contributed by atoms with Crippen molar-refractivity contribution in [2.45, 2.75) is 18.3 Å². The van der Waals surface area contributed by atoms with Gasteiger partial charge in [-0.05, 0) is 52.9 Å². The van der Waals surface area contributed by atoms with Crippen molar-refractivity contribution in [2.75, 3.05) is 7.11 Å². The number of benzene rings is 2. The minimum atomic E-state index is 0.602. The summed E-state index contributed by atoms with van der Waals surface area (Å²) in [6, 6.07) is 13.0. The first-order valence-electron chi connectivity index (χ1n) is 7.82. The van der Waals surface area contributed by atoms with Gasteiger partial charge in [0, 0.05) is 23.4 Å². The Balaban J connectivity index is 1.77. The molecule has 22 heavy (non-hydrogen) atoms. The van der Waals surface area contributed by atoms with Crippen molar-refractivity contribution in [2.24, 2.45) is 0 Å². The molecule has 3 aromatic rings. The Morgan fingerprint density at radius 1 is 1.05 bits per heavy atom. The van der Waals surface area contributed by atoms with Crippen LogP contribution in [0.5, 0.6) is 5.75 Å². The van der Waals surface area contributed by atoms with E-state index >= 15 is 0 Å². The maximum absolute atomic E-state index is 5.28. The number of fused-ring (bicyclic) bond motifs is 7. The lowest BCUT2D eigenvalue weighted by atomic mass is 9.90. The largest absolute Gasteiger partial charge is 0.497 e. The summed E-state index contributed by atoms with van der Waals surface area (Å²) in [6.45, 7) is 0. The number of H-pyrrole nitrogens is 1. The molecule has 2 heteroatoms. The monoisotopic (exact) mass is 287 g/mol. The van der Waals surface area contributed by atoms with E-state index in [1.807, 2.05) is 12.1 Å². The molecule has 2 aliphatic rings. The number of ether oxygens (including phenoxy) is 1. The zero-order valence-electron chi connectivity index (χ0n) is 12.5. The predicted molar refractivity (Wildman–Crippen MR) is 89.5 cm³/mol. The lowest BCUT2D eigenvalue weighted by Gasteiger charge is -2.15. The van der Waals surface area contributed by atoms with E-state index in [2.05, 4.69) is 47.6 Å². The third kappa shape index (κ3) is 1.50. The maximum atomic E-state index is 5.28. The van der Waals surface area contributed by atoms with Crippen LogP contribution >= 0.6 is 0 Å². The lowest BCUT2D eigenvalue weighted by molar-refractivity contribution is 0.415. The summed E-state index contributed by atoms with van der Waals surface area (Å²) in [6.07, 6.45) is 8.06. The second-order valence-electron chi connectivity index (χ2n) is 6.26. The first kappa shape index (κ1) is 12.1. The zero-order chi connectivity index (χ0) is 14.7. The minimum Gasteiger partial charge on any atom is -0.497 e. The van der Waals surface area contributed by atoms with Crippen LogP contribution in [0.4, 0.5) is 0 Å². The summed E-state index contributed by atoms with van der Waals surface area (Å²) >= 11 is 0. The molecule has 108 valence electrons. The smallest absolute Gasteiger partial charge is 0.118 e. The minimum absolute atomic E-state index is 0.602. The maximum Gasteiger partial charge on any atom is 0.118 e. The van der Waals surface area contributed by atoms with Crippen molar-refractivity contribution in [3.8, 4) is 16.9 Å². The Morgan fingerprint density at radius 2 is 1.86 bits per heavy atom. The Bertz CT molecular complexity index is 901. The van der Waals surface area contributed by atoms with E-state index in [0.29, 0.717) is 11.8 Å². The van der Waals surface area contributed by atoms with Crippen LogP contribution < -0.4 is 4.74 Å². The molecule has 0 saturated carbocycles. The van der Waals surface area contributed by atoms with E-state index in [4.69, 9.17) is 4.74 Å². The molecular formula is C20H17NO. The first-order valence-corrected chi connectivity index (χ1v) is 7.82. The second-order valence-corrected chi connectivity index (χ2v) is 6.26. The van der Waals surface area contributed by atoms with Crippen LogP contribution in [0.15, 0.2) is 54.7 Å². The van der Waals surface area contributed by atoms with Gasteiger partial charge in [-0.1, -0.05) is 24.3 Å². The molecule has 0 spiro atoms.